The second-order valence-corrected chi connectivity index (χ2v) is 18.5. The van der Waals surface area contributed by atoms with E-state index in [2.05, 4.69) is 124 Å². The number of thiophene rings is 2. The van der Waals surface area contributed by atoms with Crippen molar-refractivity contribution in [3.8, 4) is 10.4 Å². The summed E-state index contributed by atoms with van der Waals surface area (Å²) in [6.07, 6.45) is 5.98. The number of aryl methyl sites for hydroxylation is 4. The number of amides is 1. The summed E-state index contributed by atoms with van der Waals surface area (Å²) in [4.78, 5) is 24.3. The Morgan fingerprint density at radius 2 is 1.80 bits per heavy atom. The first-order valence-electron chi connectivity index (χ1n) is 21.7. The number of hydrogen-bond acceptors (Lipinski definition) is 8. The topological polar surface area (TPSA) is 86.2 Å². The fraction of sp³-hybridized carbons (Fsp3) is 0.388. The van der Waals surface area contributed by atoms with Crippen LogP contribution >= 0.6 is 22.7 Å². The molecule has 10 heteroatoms. The summed E-state index contributed by atoms with van der Waals surface area (Å²) >= 11 is 3.32. The largest absolute Gasteiger partial charge is 0.383 e. The Morgan fingerprint density at radius 1 is 0.915 bits per heavy atom. The van der Waals surface area contributed by atoms with E-state index in [1.165, 1.54) is 71.5 Å². The van der Waals surface area contributed by atoms with Gasteiger partial charge in [-0.1, -0.05) is 31.2 Å². The normalized spacial score (nSPS) is 16.9. The molecule has 4 aromatic heterocycles. The zero-order valence-electron chi connectivity index (χ0n) is 34.9. The summed E-state index contributed by atoms with van der Waals surface area (Å²) in [5, 5.41) is 20.3. The van der Waals surface area contributed by atoms with Crippen LogP contribution in [-0.2, 0) is 25.9 Å². The number of carbonyl (C=O) groups is 1. The van der Waals surface area contributed by atoms with Crippen LogP contribution in [-0.4, -0.2) is 60.3 Å². The summed E-state index contributed by atoms with van der Waals surface area (Å²) in [6.45, 7) is 15.3. The van der Waals surface area contributed by atoms with Gasteiger partial charge >= 0.3 is 0 Å². The highest BCUT2D eigenvalue weighted by molar-refractivity contribution is 7.21. The van der Waals surface area contributed by atoms with Crippen LogP contribution < -0.4 is 26.2 Å². The highest BCUT2D eigenvalue weighted by atomic mass is 32.1. The van der Waals surface area contributed by atoms with E-state index in [1.807, 2.05) is 24.3 Å². The molecule has 9 rings (SSSR count). The molecule has 1 aliphatic carbocycles. The lowest BCUT2D eigenvalue weighted by atomic mass is 9.87. The molecular formula is C49H57N7OS2. The van der Waals surface area contributed by atoms with Gasteiger partial charge in [0.1, 0.15) is 9.71 Å². The van der Waals surface area contributed by atoms with Crippen LogP contribution in [0.4, 0.5) is 11.4 Å². The van der Waals surface area contributed by atoms with E-state index in [9.17, 15) is 4.79 Å². The van der Waals surface area contributed by atoms with E-state index in [4.69, 9.17) is 4.98 Å². The summed E-state index contributed by atoms with van der Waals surface area (Å²) in [7, 11) is 0. The Bertz CT molecular complexity index is 2620. The predicted octanol–water partition coefficient (Wildman–Crippen LogP) is 10.2. The third-order valence-corrected chi connectivity index (χ3v) is 14.6. The molecule has 2 atom stereocenters. The van der Waals surface area contributed by atoms with E-state index < -0.39 is 0 Å². The minimum Gasteiger partial charge on any atom is -0.383 e. The Kier molecular flexibility index (Phi) is 11.8. The van der Waals surface area contributed by atoms with Crippen molar-refractivity contribution in [2.75, 3.05) is 42.9 Å². The molecule has 1 aliphatic heterocycles. The molecule has 0 radical (unpaired) electrons. The lowest BCUT2D eigenvalue weighted by molar-refractivity contribution is 0.0938. The van der Waals surface area contributed by atoms with Crippen LogP contribution in [0.1, 0.15) is 77.2 Å². The van der Waals surface area contributed by atoms with Crippen molar-refractivity contribution in [1.29, 1.82) is 0 Å². The smallest absolute Gasteiger partial charge is 0.263 e. The molecule has 1 amide bonds. The molecule has 306 valence electrons. The predicted molar refractivity (Wildman–Crippen MR) is 251 cm³/mol. The molecule has 7 aromatic rings. The van der Waals surface area contributed by atoms with Gasteiger partial charge in [0.05, 0.1) is 5.69 Å². The number of hydrogen-bond donors (Lipinski definition) is 4. The van der Waals surface area contributed by atoms with Gasteiger partial charge in [-0.25, -0.2) is 4.98 Å². The number of unbranched alkanes of at least 4 members (excludes halogenated alkanes) is 1. The Labute approximate surface area is 356 Å². The molecular weight excluding hydrogens is 767 g/mol. The molecule has 1 fully saturated rings. The van der Waals surface area contributed by atoms with E-state index in [0.29, 0.717) is 6.04 Å². The number of carbonyl (C=O) groups excluding carboxylic acids is 1. The second-order valence-electron chi connectivity index (χ2n) is 16.6. The first-order valence-corrected chi connectivity index (χ1v) is 23.4. The van der Waals surface area contributed by atoms with Gasteiger partial charge in [0.15, 0.2) is 0 Å². The van der Waals surface area contributed by atoms with Gasteiger partial charge in [-0.05, 0) is 148 Å². The molecule has 8 nitrogen and oxygen atoms in total. The van der Waals surface area contributed by atoms with Crippen LogP contribution in [0.3, 0.4) is 0 Å². The Hall–Kier alpha value is -4.74. The molecule has 0 unspecified atom stereocenters. The monoisotopic (exact) mass is 823 g/mol. The van der Waals surface area contributed by atoms with Crippen molar-refractivity contribution in [2.24, 2.45) is 0 Å². The fourth-order valence-electron chi connectivity index (χ4n) is 9.21. The molecule has 3 aromatic carbocycles. The number of benzene rings is 3. The number of piperazine rings is 1. The SMILES string of the molecule is CC[C@@H]1CN(c2ccc3c(c2)CC[C@H](NC(=O)c2sc4nc(C)ccc4c2NCCCCNCc2ccc4c(c2)c2ccc(-c5cc(C)cs5)cc2n4CC)C3)CCN1. The van der Waals surface area contributed by atoms with Crippen molar-refractivity contribution in [3.05, 3.63) is 111 Å². The molecule has 0 spiro atoms. The van der Waals surface area contributed by atoms with Crippen LogP contribution in [0.2, 0.25) is 0 Å². The van der Waals surface area contributed by atoms with Crippen LogP contribution in [0, 0.1) is 13.8 Å². The summed E-state index contributed by atoms with van der Waals surface area (Å²) in [5.41, 5.74) is 12.5. The molecule has 0 bridgehead atoms. The number of fused-ring (bicyclic) bond motifs is 5. The number of nitrogens with one attached hydrogen (secondary N) is 4. The standard InChI is InChI=1S/C49H57N7OS2/c1-5-37-29-55(22-21-51-37)39-15-12-34-25-38(14-11-35(34)26-39)54-48(57)47-46(41-16-9-32(4)53-49(41)59-47)52-20-8-7-19-50-28-33-10-18-43-42(24-33)40-17-13-36(27-44(40)56(43)6-2)45-23-31(3)30-58-45/h9-10,12-13,15-18,23-24,26-27,30,37-38,50-52H,5-8,11,14,19-22,25,28-29H2,1-4H3,(H,54,57)/t37-,38+/m1/s1. The quantitative estimate of drug-likeness (QED) is 0.0818. The third-order valence-electron chi connectivity index (χ3n) is 12.4. The lowest BCUT2D eigenvalue weighted by Gasteiger charge is -2.36. The summed E-state index contributed by atoms with van der Waals surface area (Å²) < 4.78 is 2.45. The van der Waals surface area contributed by atoms with Gasteiger partial charge in [-0.2, -0.15) is 0 Å². The highest BCUT2D eigenvalue weighted by Gasteiger charge is 2.26. The Balaban J connectivity index is 0.796. The number of nitrogens with zero attached hydrogens (tertiary/aromatic N) is 3. The van der Waals surface area contributed by atoms with Gasteiger partial charge < -0.3 is 30.7 Å². The van der Waals surface area contributed by atoms with Crippen LogP contribution in [0.25, 0.3) is 42.5 Å². The second kappa shape index (κ2) is 17.5. The van der Waals surface area contributed by atoms with Crippen molar-refractivity contribution >= 4 is 72.0 Å². The zero-order valence-corrected chi connectivity index (χ0v) is 36.6. The van der Waals surface area contributed by atoms with Crippen molar-refractivity contribution < 1.29 is 4.79 Å². The number of pyridine rings is 1. The van der Waals surface area contributed by atoms with Gasteiger partial charge in [-0.15, -0.1) is 22.7 Å². The van der Waals surface area contributed by atoms with E-state index in [0.717, 1.165) is 111 Å². The third kappa shape index (κ3) is 8.38. The fourth-order valence-corrected chi connectivity index (χ4v) is 11.2. The van der Waals surface area contributed by atoms with Crippen molar-refractivity contribution in [2.45, 2.75) is 91.4 Å². The van der Waals surface area contributed by atoms with Gasteiger partial charge in [0, 0.05) is 94.8 Å². The molecule has 2 aliphatic rings. The average Bonchev–Trinajstić information content (AvgIpc) is 3.95. The van der Waals surface area contributed by atoms with Crippen LogP contribution in [0.5, 0.6) is 0 Å². The lowest BCUT2D eigenvalue weighted by Crippen LogP contribution is -2.50. The molecule has 1 saturated heterocycles. The first kappa shape index (κ1) is 39.7. The first-order chi connectivity index (χ1) is 28.8. The number of anilines is 2. The van der Waals surface area contributed by atoms with Crippen molar-refractivity contribution in [3.63, 3.8) is 0 Å². The number of aromatic nitrogens is 2. The minimum atomic E-state index is 0.00312. The van der Waals surface area contributed by atoms with Gasteiger partial charge in [0.25, 0.3) is 5.91 Å². The average molecular weight is 824 g/mol. The summed E-state index contributed by atoms with van der Waals surface area (Å²) in [5.74, 6) is 0.00312. The highest BCUT2D eigenvalue weighted by Crippen LogP contribution is 2.37. The van der Waals surface area contributed by atoms with Gasteiger partial charge in [0.2, 0.25) is 0 Å². The van der Waals surface area contributed by atoms with E-state index in [1.54, 1.807) is 0 Å². The molecule has 0 saturated carbocycles. The maximum Gasteiger partial charge on any atom is 0.263 e. The van der Waals surface area contributed by atoms with Crippen LogP contribution in [0.15, 0.2) is 78.2 Å². The minimum absolute atomic E-state index is 0.00312. The zero-order chi connectivity index (χ0) is 40.5. The maximum atomic E-state index is 14.0. The molecule has 5 heterocycles. The molecule has 59 heavy (non-hydrogen) atoms. The van der Waals surface area contributed by atoms with Crippen molar-refractivity contribution in [1.82, 2.24) is 25.5 Å². The van der Waals surface area contributed by atoms with Gasteiger partial charge in [-0.3, -0.25) is 4.79 Å². The van der Waals surface area contributed by atoms with E-state index >= 15 is 0 Å². The maximum absolute atomic E-state index is 14.0. The number of rotatable bonds is 14. The summed E-state index contributed by atoms with van der Waals surface area (Å²) in [6, 6.07) is 28.0. The molecule has 4 N–H and O–H groups in total. The van der Waals surface area contributed by atoms with E-state index in [-0.39, 0.29) is 11.9 Å². The Morgan fingerprint density at radius 3 is 2.64 bits per heavy atom.